The maximum Gasteiger partial charge on any atom is 0.150 e. The number of rotatable bonds is 5. The average Bonchev–Trinajstić information content (AvgIpc) is 2.24. The summed E-state index contributed by atoms with van der Waals surface area (Å²) in [6.45, 7) is 1.53. The van der Waals surface area contributed by atoms with E-state index in [-0.39, 0.29) is 27.8 Å². The fraction of sp³-hybridized carbons (Fsp3) is 0.400. The molecule has 1 unspecified atom stereocenters. The second-order valence-electron chi connectivity index (χ2n) is 3.51. The van der Waals surface area contributed by atoms with Crippen LogP contribution in [-0.2, 0) is 20.6 Å². The zero-order valence-corrected chi connectivity index (χ0v) is 11.0. The minimum Gasteiger partial charge on any atom is -0.399 e. The van der Waals surface area contributed by atoms with E-state index in [0.29, 0.717) is 0 Å². The first-order valence-electron chi connectivity index (χ1n) is 4.99. The second-order valence-corrected chi connectivity index (χ2v) is 7.55. The maximum atomic E-state index is 13.0. The maximum absolute atomic E-state index is 13.0. The largest absolute Gasteiger partial charge is 0.399 e. The van der Waals surface area contributed by atoms with Gasteiger partial charge in [-0.2, -0.15) is 0 Å². The first-order valence-corrected chi connectivity index (χ1v) is 8.13. The molecule has 96 valence electrons. The van der Waals surface area contributed by atoms with E-state index in [1.54, 1.807) is 0 Å². The van der Waals surface area contributed by atoms with Crippen molar-refractivity contribution in [1.82, 2.24) is 0 Å². The van der Waals surface area contributed by atoms with Crippen LogP contribution in [0.15, 0.2) is 23.1 Å². The van der Waals surface area contributed by atoms with E-state index in [9.17, 15) is 17.0 Å². The molecule has 0 saturated carbocycles. The van der Waals surface area contributed by atoms with Gasteiger partial charge >= 0.3 is 0 Å². The molecule has 0 aliphatic carbocycles. The molecule has 1 rings (SSSR count). The van der Waals surface area contributed by atoms with Crippen LogP contribution in [0.1, 0.15) is 6.92 Å². The zero-order chi connectivity index (χ0) is 13.1. The number of nitrogens with two attached hydrogens (primary N) is 1. The number of anilines is 1. The van der Waals surface area contributed by atoms with Crippen molar-refractivity contribution >= 4 is 26.3 Å². The van der Waals surface area contributed by atoms with Crippen molar-refractivity contribution in [3.05, 3.63) is 24.0 Å². The summed E-state index contributed by atoms with van der Waals surface area (Å²) in [5, 5.41) is 0. The Morgan fingerprint density at radius 3 is 2.53 bits per heavy atom. The third kappa shape index (κ3) is 4.43. The van der Waals surface area contributed by atoms with Gasteiger partial charge in [-0.1, -0.05) is 6.92 Å². The van der Waals surface area contributed by atoms with Crippen molar-refractivity contribution in [2.75, 3.05) is 23.0 Å². The Morgan fingerprint density at radius 1 is 1.35 bits per heavy atom. The lowest BCUT2D eigenvalue weighted by atomic mass is 10.3. The Kier molecular flexibility index (Phi) is 4.64. The van der Waals surface area contributed by atoms with Crippen LogP contribution in [-0.4, -0.2) is 29.9 Å². The number of hydrogen-bond acceptors (Lipinski definition) is 4. The van der Waals surface area contributed by atoms with Crippen LogP contribution in [0.2, 0.25) is 0 Å². The molecule has 17 heavy (non-hydrogen) atoms. The van der Waals surface area contributed by atoms with Crippen molar-refractivity contribution in [2.45, 2.75) is 11.8 Å². The lowest BCUT2D eigenvalue weighted by Crippen LogP contribution is -2.15. The molecule has 0 aliphatic heterocycles. The van der Waals surface area contributed by atoms with E-state index in [2.05, 4.69) is 0 Å². The molecule has 1 aromatic rings. The van der Waals surface area contributed by atoms with E-state index in [0.717, 1.165) is 12.1 Å². The van der Waals surface area contributed by atoms with Gasteiger partial charge in [0.05, 0.1) is 16.6 Å². The minimum absolute atomic E-state index is 0.00941. The number of nitrogen functional groups attached to an aromatic ring is 1. The van der Waals surface area contributed by atoms with Crippen molar-refractivity contribution in [2.24, 2.45) is 0 Å². The van der Waals surface area contributed by atoms with E-state index in [1.807, 2.05) is 0 Å². The summed E-state index contributed by atoms with van der Waals surface area (Å²) in [7, 11) is -4.71. The molecule has 0 spiro atoms. The molecule has 0 heterocycles. The van der Waals surface area contributed by atoms with E-state index in [1.165, 1.54) is 13.0 Å². The second kappa shape index (κ2) is 5.59. The van der Waals surface area contributed by atoms with Gasteiger partial charge in [0.15, 0.2) is 9.84 Å². The zero-order valence-electron chi connectivity index (χ0n) is 9.35. The molecule has 0 radical (unpaired) electrons. The highest BCUT2D eigenvalue weighted by atomic mass is 32.2. The van der Waals surface area contributed by atoms with Gasteiger partial charge in [-0.15, -0.1) is 0 Å². The van der Waals surface area contributed by atoms with Crippen LogP contribution >= 0.6 is 0 Å². The summed E-state index contributed by atoms with van der Waals surface area (Å²) >= 11 is 0. The third-order valence-corrected chi connectivity index (χ3v) is 5.48. The van der Waals surface area contributed by atoms with Crippen LogP contribution in [0.4, 0.5) is 10.1 Å². The number of halogens is 1. The van der Waals surface area contributed by atoms with Crippen molar-refractivity contribution < 1.29 is 17.0 Å². The van der Waals surface area contributed by atoms with Gasteiger partial charge in [0, 0.05) is 22.1 Å². The van der Waals surface area contributed by atoms with Gasteiger partial charge in [-0.3, -0.25) is 4.21 Å². The van der Waals surface area contributed by atoms with Crippen LogP contribution in [0.3, 0.4) is 0 Å². The molecule has 0 amide bonds. The molecule has 0 aliphatic rings. The van der Waals surface area contributed by atoms with Crippen molar-refractivity contribution in [3.63, 3.8) is 0 Å². The van der Waals surface area contributed by atoms with Crippen molar-refractivity contribution in [1.29, 1.82) is 0 Å². The molecule has 1 aromatic carbocycles. The summed E-state index contributed by atoms with van der Waals surface area (Å²) < 4.78 is 47.2. The standard InChI is InChI=1S/C10H14FNO3S2/c1-2-17(14,15)4-3-16(13)10-6-8(11)5-9(12)7-10/h5-7H,2-4,12H2,1H3. The van der Waals surface area contributed by atoms with Gasteiger partial charge in [-0.05, 0) is 18.2 Å². The van der Waals surface area contributed by atoms with Gasteiger partial charge in [0.25, 0.3) is 0 Å². The highest BCUT2D eigenvalue weighted by Crippen LogP contribution is 2.14. The average molecular weight is 279 g/mol. The molecule has 1 atom stereocenters. The van der Waals surface area contributed by atoms with Crippen LogP contribution in [0.25, 0.3) is 0 Å². The number of hydrogen-bond donors (Lipinski definition) is 1. The van der Waals surface area contributed by atoms with Gasteiger partial charge in [0.1, 0.15) is 5.82 Å². The molecule has 4 nitrogen and oxygen atoms in total. The summed E-state index contributed by atoms with van der Waals surface area (Å²) in [6.07, 6.45) is 0. The lowest BCUT2D eigenvalue weighted by Gasteiger charge is -2.04. The summed E-state index contributed by atoms with van der Waals surface area (Å²) in [6, 6.07) is 3.60. The highest BCUT2D eigenvalue weighted by molar-refractivity contribution is 7.93. The Morgan fingerprint density at radius 2 is 2.00 bits per heavy atom. The fourth-order valence-electron chi connectivity index (χ4n) is 1.18. The molecule has 0 bridgehead atoms. The molecule has 7 heteroatoms. The first kappa shape index (κ1) is 14.1. The fourth-order valence-corrected chi connectivity index (χ4v) is 3.84. The van der Waals surface area contributed by atoms with Crippen molar-refractivity contribution in [3.8, 4) is 0 Å². The summed E-state index contributed by atoms with van der Waals surface area (Å²) in [5.41, 5.74) is 5.59. The van der Waals surface area contributed by atoms with Crippen LogP contribution in [0.5, 0.6) is 0 Å². The Labute approximate surface area is 102 Å². The third-order valence-electron chi connectivity index (χ3n) is 2.18. The molecular weight excluding hydrogens is 265 g/mol. The van der Waals surface area contributed by atoms with Gasteiger partial charge in [0.2, 0.25) is 0 Å². The predicted octanol–water partition coefficient (Wildman–Crippen LogP) is 0.950. The normalized spacial score (nSPS) is 13.5. The Hall–Kier alpha value is -0.950. The van der Waals surface area contributed by atoms with Gasteiger partial charge < -0.3 is 5.73 Å². The number of benzene rings is 1. The van der Waals surface area contributed by atoms with E-state index in [4.69, 9.17) is 5.73 Å². The molecule has 0 aromatic heterocycles. The smallest absolute Gasteiger partial charge is 0.150 e. The summed E-state index contributed by atoms with van der Waals surface area (Å²) in [5.74, 6) is -0.784. The van der Waals surface area contributed by atoms with Gasteiger partial charge in [-0.25, -0.2) is 12.8 Å². The topological polar surface area (TPSA) is 77.2 Å². The first-order chi connectivity index (χ1) is 7.84. The minimum atomic E-state index is -3.16. The SMILES string of the molecule is CCS(=O)(=O)CCS(=O)c1cc(N)cc(F)c1. The van der Waals surface area contributed by atoms with E-state index < -0.39 is 26.5 Å². The Balaban J connectivity index is 2.77. The highest BCUT2D eigenvalue weighted by Gasteiger charge is 2.12. The molecule has 2 N–H and O–H groups in total. The molecule has 0 fully saturated rings. The van der Waals surface area contributed by atoms with Crippen LogP contribution in [0, 0.1) is 5.82 Å². The monoisotopic (exact) mass is 279 g/mol. The van der Waals surface area contributed by atoms with E-state index >= 15 is 0 Å². The number of sulfone groups is 1. The quantitative estimate of drug-likeness (QED) is 0.814. The Bertz CT molecular complexity index is 508. The van der Waals surface area contributed by atoms with Crippen LogP contribution < -0.4 is 5.73 Å². The lowest BCUT2D eigenvalue weighted by molar-refractivity contribution is 0.598. The molecular formula is C10H14FNO3S2. The predicted molar refractivity (Wildman–Crippen MR) is 66.4 cm³/mol. The molecule has 0 saturated heterocycles. The summed E-state index contributed by atoms with van der Waals surface area (Å²) in [4.78, 5) is 0.216.